The van der Waals surface area contributed by atoms with Crippen molar-refractivity contribution in [2.75, 3.05) is 24.9 Å². The molecule has 1 heterocycles. The van der Waals surface area contributed by atoms with Gasteiger partial charge in [0.2, 0.25) is 5.95 Å². The second-order valence-electron chi connectivity index (χ2n) is 5.36. The first-order valence-electron chi connectivity index (χ1n) is 7.80. The van der Waals surface area contributed by atoms with E-state index in [1.807, 2.05) is 6.92 Å². The van der Waals surface area contributed by atoms with Crippen LogP contribution in [0.25, 0.3) is 0 Å². The molecule has 134 valence electrons. The van der Waals surface area contributed by atoms with Crippen molar-refractivity contribution in [1.29, 1.82) is 0 Å². The van der Waals surface area contributed by atoms with Crippen LogP contribution in [0, 0.1) is 0 Å². The molecule has 0 aliphatic rings. The number of anilines is 2. The largest absolute Gasteiger partial charge is 0.495 e. The molecule has 1 aromatic carbocycles. The Balaban J connectivity index is 2.23. The highest BCUT2D eigenvalue weighted by atomic mass is 35.5. The number of carbonyl (C=O) groups is 1. The van der Waals surface area contributed by atoms with Crippen molar-refractivity contribution < 1.29 is 14.3 Å². The van der Waals surface area contributed by atoms with Gasteiger partial charge in [-0.05, 0) is 19.4 Å². The fourth-order valence-corrected chi connectivity index (χ4v) is 2.25. The van der Waals surface area contributed by atoms with Crippen LogP contribution >= 0.6 is 11.6 Å². The number of ether oxygens (including phenoxy) is 2. The smallest absolute Gasteiger partial charge is 0.274 e. The van der Waals surface area contributed by atoms with E-state index in [0.29, 0.717) is 28.2 Å². The Morgan fingerprint density at radius 3 is 2.64 bits per heavy atom. The summed E-state index contributed by atoms with van der Waals surface area (Å²) in [6.45, 7) is 4.06. The highest BCUT2D eigenvalue weighted by Crippen LogP contribution is 2.36. The molecule has 1 atom stereocenters. The van der Waals surface area contributed by atoms with E-state index in [0.717, 1.165) is 6.42 Å². The molecule has 0 saturated heterocycles. The van der Waals surface area contributed by atoms with E-state index in [1.54, 1.807) is 12.1 Å². The van der Waals surface area contributed by atoms with Crippen LogP contribution in [0.15, 0.2) is 24.4 Å². The highest BCUT2D eigenvalue weighted by molar-refractivity contribution is 6.32. The molecule has 7 nitrogen and oxygen atoms in total. The second kappa shape index (κ2) is 8.53. The number of hydrogen-bond donors (Lipinski definition) is 2. The van der Waals surface area contributed by atoms with Crippen LogP contribution in [0.5, 0.6) is 11.5 Å². The van der Waals surface area contributed by atoms with Crippen molar-refractivity contribution in [3.05, 3.63) is 35.1 Å². The molecule has 0 spiro atoms. The van der Waals surface area contributed by atoms with Crippen LogP contribution in [0.2, 0.25) is 5.02 Å². The average Bonchev–Trinajstić information content (AvgIpc) is 2.62. The third-order valence-corrected chi connectivity index (χ3v) is 3.89. The van der Waals surface area contributed by atoms with Gasteiger partial charge >= 0.3 is 0 Å². The summed E-state index contributed by atoms with van der Waals surface area (Å²) in [5.41, 5.74) is 0.667. The SMILES string of the molecule is CCC(C)Nc1nccc(C(=O)Nc2cc(OC)c(Cl)cc2OC)n1. The number of nitrogens with one attached hydrogen (secondary N) is 2. The number of amides is 1. The third-order valence-electron chi connectivity index (χ3n) is 3.60. The van der Waals surface area contributed by atoms with E-state index < -0.39 is 5.91 Å². The molecule has 0 aliphatic heterocycles. The first-order chi connectivity index (χ1) is 12.0. The molecule has 0 bridgehead atoms. The predicted molar refractivity (Wildman–Crippen MR) is 97.9 cm³/mol. The normalized spacial score (nSPS) is 11.6. The van der Waals surface area contributed by atoms with Gasteiger partial charge in [0.1, 0.15) is 17.2 Å². The molecular formula is C17H21ClN4O3. The zero-order valence-electron chi connectivity index (χ0n) is 14.6. The van der Waals surface area contributed by atoms with Crippen LogP contribution in [0.3, 0.4) is 0 Å². The van der Waals surface area contributed by atoms with E-state index in [2.05, 4.69) is 27.5 Å². The van der Waals surface area contributed by atoms with Crippen LogP contribution in [-0.2, 0) is 0 Å². The van der Waals surface area contributed by atoms with E-state index >= 15 is 0 Å². The van der Waals surface area contributed by atoms with Crippen molar-refractivity contribution in [2.24, 2.45) is 0 Å². The molecule has 0 radical (unpaired) electrons. The molecule has 2 aromatic rings. The van der Waals surface area contributed by atoms with Gasteiger partial charge in [0.15, 0.2) is 0 Å². The molecule has 2 N–H and O–H groups in total. The maximum atomic E-state index is 12.5. The van der Waals surface area contributed by atoms with Crippen LogP contribution in [0.4, 0.5) is 11.6 Å². The fraction of sp³-hybridized carbons (Fsp3) is 0.353. The standard InChI is InChI=1S/C17H21ClN4O3/c1-5-10(2)20-17-19-7-6-12(22-17)16(23)21-13-9-14(24-3)11(18)8-15(13)25-4/h6-10H,5H2,1-4H3,(H,21,23)(H,19,20,22). The monoisotopic (exact) mass is 364 g/mol. The number of halogens is 1. The maximum absolute atomic E-state index is 12.5. The van der Waals surface area contributed by atoms with Gasteiger partial charge in [0.25, 0.3) is 5.91 Å². The number of aromatic nitrogens is 2. The summed E-state index contributed by atoms with van der Waals surface area (Å²) >= 11 is 6.07. The lowest BCUT2D eigenvalue weighted by Gasteiger charge is -2.14. The number of nitrogens with zero attached hydrogens (tertiary/aromatic N) is 2. The summed E-state index contributed by atoms with van der Waals surface area (Å²) in [4.78, 5) is 20.9. The number of benzene rings is 1. The molecule has 0 fully saturated rings. The number of hydrogen-bond acceptors (Lipinski definition) is 6. The molecule has 0 saturated carbocycles. The van der Waals surface area contributed by atoms with Crippen LogP contribution in [0.1, 0.15) is 30.8 Å². The Kier molecular flexibility index (Phi) is 6.41. The van der Waals surface area contributed by atoms with Crippen molar-refractivity contribution in [3.63, 3.8) is 0 Å². The van der Waals surface area contributed by atoms with Gasteiger partial charge in [-0.3, -0.25) is 4.79 Å². The van der Waals surface area contributed by atoms with E-state index in [9.17, 15) is 4.79 Å². The zero-order valence-corrected chi connectivity index (χ0v) is 15.3. The predicted octanol–water partition coefficient (Wildman–Crippen LogP) is 3.61. The Hall–Kier alpha value is -2.54. The lowest BCUT2D eigenvalue weighted by molar-refractivity contribution is 0.102. The fourth-order valence-electron chi connectivity index (χ4n) is 2.02. The lowest BCUT2D eigenvalue weighted by atomic mass is 10.2. The Bertz CT molecular complexity index is 755. The van der Waals surface area contributed by atoms with Crippen molar-refractivity contribution in [1.82, 2.24) is 9.97 Å². The molecular weight excluding hydrogens is 344 g/mol. The van der Waals surface area contributed by atoms with Gasteiger partial charge in [-0.25, -0.2) is 9.97 Å². The quantitative estimate of drug-likeness (QED) is 0.780. The number of rotatable bonds is 7. The lowest BCUT2D eigenvalue weighted by Crippen LogP contribution is -2.19. The molecule has 0 aliphatic carbocycles. The van der Waals surface area contributed by atoms with E-state index in [4.69, 9.17) is 21.1 Å². The van der Waals surface area contributed by atoms with Gasteiger partial charge in [0, 0.05) is 24.4 Å². The molecule has 1 amide bonds. The average molecular weight is 365 g/mol. The summed E-state index contributed by atoms with van der Waals surface area (Å²) in [7, 11) is 2.99. The maximum Gasteiger partial charge on any atom is 0.274 e. The molecule has 1 aromatic heterocycles. The van der Waals surface area contributed by atoms with Gasteiger partial charge in [-0.15, -0.1) is 0 Å². The second-order valence-corrected chi connectivity index (χ2v) is 5.77. The first kappa shape index (κ1) is 18.8. The minimum atomic E-state index is -0.391. The van der Waals surface area contributed by atoms with Crippen LogP contribution < -0.4 is 20.1 Å². The third kappa shape index (κ3) is 4.73. The van der Waals surface area contributed by atoms with Gasteiger partial charge in [0.05, 0.1) is 24.9 Å². The summed E-state index contributed by atoms with van der Waals surface area (Å²) in [5.74, 6) is 0.866. The van der Waals surface area contributed by atoms with Gasteiger partial charge in [-0.2, -0.15) is 0 Å². The molecule has 1 unspecified atom stereocenters. The summed E-state index contributed by atoms with van der Waals surface area (Å²) in [5, 5.41) is 6.28. The van der Waals surface area contributed by atoms with Crippen molar-refractivity contribution in [2.45, 2.75) is 26.3 Å². The van der Waals surface area contributed by atoms with E-state index in [-0.39, 0.29) is 11.7 Å². The Morgan fingerprint density at radius 1 is 1.28 bits per heavy atom. The Morgan fingerprint density at radius 2 is 2.00 bits per heavy atom. The topological polar surface area (TPSA) is 85.4 Å². The molecule has 25 heavy (non-hydrogen) atoms. The van der Waals surface area contributed by atoms with Gasteiger partial charge < -0.3 is 20.1 Å². The first-order valence-corrected chi connectivity index (χ1v) is 8.18. The summed E-state index contributed by atoms with van der Waals surface area (Å²) < 4.78 is 10.4. The number of methoxy groups -OCH3 is 2. The van der Waals surface area contributed by atoms with Gasteiger partial charge in [-0.1, -0.05) is 18.5 Å². The molecule has 8 heteroatoms. The van der Waals surface area contributed by atoms with Crippen molar-refractivity contribution >= 4 is 29.1 Å². The van der Waals surface area contributed by atoms with Crippen LogP contribution in [-0.4, -0.2) is 36.1 Å². The Labute approximate surface area is 151 Å². The minimum Gasteiger partial charge on any atom is -0.495 e. The minimum absolute atomic E-state index is 0.207. The highest BCUT2D eigenvalue weighted by Gasteiger charge is 2.15. The summed E-state index contributed by atoms with van der Waals surface area (Å²) in [6, 6.07) is 4.92. The molecule has 2 rings (SSSR count). The van der Waals surface area contributed by atoms with Crippen molar-refractivity contribution in [3.8, 4) is 11.5 Å². The summed E-state index contributed by atoms with van der Waals surface area (Å²) in [6.07, 6.45) is 2.45. The van der Waals surface area contributed by atoms with E-state index in [1.165, 1.54) is 26.5 Å². The number of carbonyl (C=O) groups excluding carboxylic acids is 1. The zero-order chi connectivity index (χ0) is 18.4.